The van der Waals surface area contributed by atoms with Gasteiger partial charge in [-0.3, -0.25) is 9.78 Å². The number of carbonyl (C=O) groups excluding carboxylic acids is 1. The van der Waals surface area contributed by atoms with Crippen LogP contribution < -0.4 is 10.6 Å². The molecule has 2 aromatic heterocycles. The third-order valence-electron chi connectivity index (χ3n) is 3.78. The quantitative estimate of drug-likeness (QED) is 0.728. The summed E-state index contributed by atoms with van der Waals surface area (Å²) in [5, 5.41) is 18.2. The number of hydrogen-bond donors (Lipinski definition) is 3. The van der Waals surface area contributed by atoms with Crippen LogP contribution in [0.4, 0.5) is 0 Å². The van der Waals surface area contributed by atoms with E-state index in [0.29, 0.717) is 24.6 Å². The molecule has 0 aliphatic carbocycles. The molecule has 3 atom stereocenters. The van der Waals surface area contributed by atoms with Crippen LogP contribution in [0.5, 0.6) is 0 Å². The number of ether oxygens (including phenoxy) is 1. The first-order valence-electron chi connectivity index (χ1n) is 7.47. The summed E-state index contributed by atoms with van der Waals surface area (Å²) < 4.78 is 5.59. The highest BCUT2D eigenvalue weighted by Crippen LogP contribution is 2.15. The number of nitrogens with one attached hydrogen (secondary N) is 2. The van der Waals surface area contributed by atoms with Gasteiger partial charge in [0, 0.05) is 25.5 Å². The molecule has 0 radical (unpaired) electrons. The fourth-order valence-electron chi connectivity index (χ4n) is 2.48. The van der Waals surface area contributed by atoms with Crippen molar-refractivity contribution in [2.75, 3.05) is 13.2 Å². The fraction of sp³-hybridized carbons (Fsp3) is 0.375. The van der Waals surface area contributed by atoms with E-state index in [2.05, 4.69) is 15.6 Å². The second-order valence-corrected chi connectivity index (χ2v) is 6.35. The van der Waals surface area contributed by atoms with Crippen molar-refractivity contribution < 1.29 is 14.6 Å². The van der Waals surface area contributed by atoms with Crippen molar-refractivity contribution >= 4 is 17.2 Å². The summed E-state index contributed by atoms with van der Waals surface area (Å²) in [6.07, 6.45) is 2.46. The SMILES string of the molecule is O=C(NCC1OCC(NCc2cccnc2)C1O)c1cccs1. The number of pyridine rings is 1. The van der Waals surface area contributed by atoms with Crippen LogP contribution in [0.1, 0.15) is 15.2 Å². The van der Waals surface area contributed by atoms with Crippen molar-refractivity contribution in [3.8, 4) is 0 Å². The summed E-state index contributed by atoms with van der Waals surface area (Å²) in [7, 11) is 0. The second-order valence-electron chi connectivity index (χ2n) is 5.40. The third kappa shape index (κ3) is 4.14. The molecule has 122 valence electrons. The van der Waals surface area contributed by atoms with Crippen molar-refractivity contribution in [3.63, 3.8) is 0 Å². The number of amides is 1. The molecule has 7 heteroatoms. The molecule has 3 rings (SSSR count). The lowest BCUT2D eigenvalue weighted by molar-refractivity contribution is 0.0399. The van der Waals surface area contributed by atoms with Gasteiger partial charge in [-0.15, -0.1) is 11.3 Å². The molecule has 1 amide bonds. The molecule has 1 fully saturated rings. The van der Waals surface area contributed by atoms with E-state index in [1.165, 1.54) is 11.3 Å². The van der Waals surface area contributed by atoms with Crippen LogP contribution in [0, 0.1) is 0 Å². The van der Waals surface area contributed by atoms with Crippen molar-refractivity contribution in [2.24, 2.45) is 0 Å². The van der Waals surface area contributed by atoms with Gasteiger partial charge in [-0.05, 0) is 23.1 Å². The zero-order valence-corrected chi connectivity index (χ0v) is 13.3. The maximum atomic E-state index is 11.9. The van der Waals surface area contributed by atoms with E-state index in [9.17, 15) is 9.90 Å². The minimum atomic E-state index is -0.657. The molecule has 6 nitrogen and oxygen atoms in total. The second kappa shape index (κ2) is 7.65. The Morgan fingerprint density at radius 2 is 2.35 bits per heavy atom. The molecule has 2 aromatic rings. The number of thiophene rings is 1. The number of carbonyl (C=O) groups is 1. The first-order valence-corrected chi connectivity index (χ1v) is 8.35. The molecular weight excluding hydrogens is 314 g/mol. The van der Waals surface area contributed by atoms with Crippen LogP contribution in [0.2, 0.25) is 0 Å². The average molecular weight is 333 g/mol. The number of nitrogens with zero attached hydrogens (tertiary/aromatic N) is 1. The Morgan fingerprint density at radius 3 is 3.09 bits per heavy atom. The molecule has 1 saturated heterocycles. The van der Waals surface area contributed by atoms with Gasteiger partial charge in [-0.2, -0.15) is 0 Å². The maximum absolute atomic E-state index is 11.9. The van der Waals surface area contributed by atoms with Crippen LogP contribution in [0.25, 0.3) is 0 Å². The van der Waals surface area contributed by atoms with E-state index < -0.39 is 12.2 Å². The Bertz CT molecular complexity index is 621. The first kappa shape index (κ1) is 16.1. The standard InChI is InChI=1S/C16H19N3O3S/c20-15-12(18-8-11-3-1-5-17-7-11)10-22-13(15)9-19-16(21)14-4-2-6-23-14/h1-7,12-13,15,18,20H,8-10H2,(H,19,21). The molecule has 0 spiro atoms. The molecule has 3 unspecified atom stereocenters. The normalized spacial score (nSPS) is 23.8. The van der Waals surface area contributed by atoms with E-state index in [0.717, 1.165) is 5.56 Å². The molecule has 1 aliphatic rings. The van der Waals surface area contributed by atoms with Crippen molar-refractivity contribution in [1.82, 2.24) is 15.6 Å². The maximum Gasteiger partial charge on any atom is 0.261 e. The summed E-state index contributed by atoms with van der Waals surface area (Å²) >= 11 is 1.39. The smallest absolute Gasteiger partial charge is 0.261 e. The van der Waals surface area contributed by atoms with Gasteiger partial charge in [-0.25, -0.2) is 0 Å². The molecule has 0 saturated carbocycles. The van der Waals surface area contributed by atoms with E-state index in [1.807, 2.05) is 23.6 Å². The number of aliphatic hydroxyl groups is 1. The van der Waals surface area contributed by atoms with Crippen LogP contribution in [-0.2, 0) is 11.3 Å². The average Bonchev–Trinajstić information content (AvgIpc) is 3.22. The minimum Gasteiger partial charge on any atom is -0.389 e. The highest BCUT2D eigenvalue weighted by molar-refractivity contribution is 7.12. The molecule has 0 bridgehead atoms. The molecular formula is C16H19N3O3S. The monoisotopic (exact) mass is 333 g/mol. The topological polar surface area (TPSA) is 83.5 Å². The van der Waals surface area contributed by atoms with E-state index in [4.69, 9.17) is 4.74 Å². The summed E-state index contributed by atoms with van der Waals surface area (Å²) in [4.78, 5) is 16.6. The van der Waals surface area contributed by atoms with Crippen LogP contribution in [-0.4, -0.2) is 47.4 Å². The van der Waals surface area contributed by atoms with Gasteiger partial charge in [0.2, 0.25) is 0 Å². The van der Waals surface area contributed by atoms with Crippen molar-refractivity contribution in [1.29, 1.82) is 0 Å². The lowest BCUT2D eigenvalue weighted by Gasteiger charge is -2.18. The van der Waals surface area contributed by atoms with Gasteiger partial charge in [0.1, 0.15) is 6.10 Å². The summed E-state index contributed by atoms with van der Waals surface area (Å²) in [5.74, 6) is -0.137. The molecule has 3 heterocycles. The lowest BCUT2D eigenvalue weighted by atomic mass is 10.1. The van der Waals surface area contributed by atoms with Gasteiger partial charge in [0.15, 0.2) is 0 Å². The summed E-state index contributed by atoms with van der Waals surface area (Å²) in [6, 6.07) is 7.30. The number of rotatable bonds is 6. The highest BCUT2D eigenvalue weighted by Gasteiger charge is 2.35. The van der Waals surface area contributed by atoms with Gasteiger partial charge < -0.3 is 20.5 Å². The number of hydrogen-bond acceptors (Lipinski definition) is 6. The van der Waals surface area contributed by atoms with Crippen LogP contribution in [0.15, 0.2) is 42.0 Å². The van der Waals surface area contributed by atoms with Gasteiger partial charge >= 0.3 is 0 Å². The number of aliphatic hydroxyl groups excluding tert-OH is 1. The molecule has 23 heavy (non-hydrogen) atoms. The highest BCUT2D eigenvalue weighted by atomic mass is 32.1. The first-order chi connectivity index (χ1) is 11.2. The van der Waals surface area contributed by atoms with Gasteiger partial charge in [0.25, 0.3) is 5.91 Å². The Balaban J connectivity index is 1.45. The predicted molar refractivity (Wildman–Crippen MR) is 87.3 cm³/mol. The van der Waals surface area contributed by atoms with Crippen molar-refractivity contribution in [3.05, 3.63) is 52.5 Å². The largest absolute Gasteiger partial charge is 0.389 e. The van der Waals surface area contributed by atoms with E-state index in [-0.39, 0.29) is 11.9 Å². The Morgan fingerprint density at radius 1 is 1.43 bits per heavy atom. The zero-order chi connectivity index (χ0) is 16.1. The predicted octanol–water partition coefficient (Wildman–Crippen LogP) is 0.791. The van der Waals surface area contributed by atoms with Crippen molar-refractivity contribution in [2.45, 2.75) is 24.8 Å². The molecule has 1 aliphatic heterocycles. The Kier molecular flexibility index (Phi) is 5.35. The van der Waals surface area contributed by atoms with Gasteiger partial charge in [0.05, 0.1) is 23.6 Å². The summed E-state index contributed by atoms with van der Waals surface area (Å²) in [5.41, 5.74) is 1.05. The lowest BCUT2D eigenvalue weighted by Crippen LogP contribution is -2.44. The van der Waals surface area contributed by atoms with Crippen LogP contribution in [0.3, 0.4) is 0 Å². The minimum absolute atomic E-state index is 0.137. The number of aromatic nitrogens is 1. The van der Waals surface area contributed by atoms with E-state index in [1.54, 1.807) is 18.5 Å². The third-order valence-corrected chi connectivity index (χ3v) is 4.65. The fourth-order valence-corrected chi connectivity index (χ4v) is 3.12. The van der Waals surface area contributed by atoms with Crippen LogP contribution >= 0.6 is 11.3 Å². The molecule has 3 N–H and O–H groups in total. The Hall–Kier alpha value is -1.80. The van der Waals surface area contributed by atoms with Gasteiger partial charge in [-0.1, -0.05) is 12.1 Å². The molecule has 0 aromatic carbocycles. The summed E-state index contributed by atoms with van der Waals surface area (Å²) in [6.45, 7) is 1.33. The van der Waals surface area contributed by atoms with E-state index >= 15 is 0 Å². The Labute approximate surface area is 138 Å². The zero-order valence-electron chi connectivity index (χ0n) is 12.5.